The van der Waals surface area contributed by atoms with Crippen LogP contribution in [0.5, 0.6) is 17.2 Å². The van der Waals surface area contributed by atoms with Crippen LogP contribution >= 0.6 is 0 Å². The van der Waals surface area contributed by atoms with E-state index in [2.05, 4.69) is 54.3 Å². The van der Waals surface area contributed by atoms with Gasteiger partial charge in [0.1, 0.15) is 0 Å². The van der Waals surface area contributed by atoms with Crippen molar-refractivity contribution in [2.24, 2.45) is 0 Å². The molecule has 3 aromatic carbocycles. The van der Waals surface area contributed by atoms with E-state index in [4.69, 9.17) is 14.2 Å². The molecule has 3 aliphatic heterocycles. The Kier molecular flexibility index (Phi) is 26.6. The van der Waals surface area contributed by atoms with Crippen LogP contribution in [0, 0.1) is 124 Å². The first-order chi connectivity index (χ1) is 30.5. The van der Waals surface area contributed by atoms with Crippen LogP contribution in [-0.2, 0) is 14.2 Å². The number of benzene rings is 3. The van der Waals surface area contributed by atoms with Crippen LogP contribution < -0.4 is 15.3 Å². The molecule has 0 saturated carbocycles. The summed E-state index contributed by atoms with van der Waals surface area (Å²) in [6.45, 7) is 29.2. The molecule has 0 unspecified atom stereocenters. The summed E-state index contributed by atoms with van der Waals surface area (Å²) < 4.78 is 20.8. The third-order valence-corrected chi connectivity index (χ3v) is 10.5. The van der Waals surface area contributed by atoms with E-state index in [0.717, 1.165) is 107 Å². The Morgan fingerprint density at radius 2 is 0.585 bits per heavy atom. The van der Waals surface area contributed by atoms with Gasteiger partial charge in [-0.05, 0) is 140 Å². The van der Waals surface area contributed by atoms with Crippen molar-refractivity contribution in [2.45, 2.75) is 128 Å². The molecule has 351 valence electrons. The molecular formula is C52H73N6NdO6. The Hall–Kier alpha value is -4.08. The summed E-state index contributed by atoms with van der Waals surface area (Å²) in [5, 5.41) is 46.9. The maximum atomic E-state index is 11.0. The smallest absolute Gasteiger partial charge is 0.872 e. The van der Waals surface area contributed by atoms with E-state index in [9.17, 15) is 15.3 Å². The molecule has 9 rings (SSSR count). The SMILES string of the molecule is C1CCOC1.C1CCOC1.C1CCOC1.Cc1cc(C)n(C(n2nc(C)cc2C)n2nc(C)cc2C)n1.Cc1cccc(C)c1[O-].Cc1cccc(C)c1[O-].Cc1cccc(C)c1[O-].[Nd+3]. The quantitative estimate of drug-likeness (QED) is 0.169. The number of aromatic nitrogens is 6. The van der Waals surface area contributed by atoms with Gasteiger partial charge in [-0.2, -0.15) is 15.3 Å². The summed E-state index contributed by atoms with van der Waals surface area (Å²) >= 11 is 0. The van der Waals surface area contributed by atoms with Gasteiger partial charge in [0.05, 0.1) is 17.1 Å². The van der Waals surface area contributed by atoms with Crippen LogP contribution in [0.15, 0.2) is 72.8 Å². The third kappa shape index (κ3) is 19.7. The zero-order valence-electron chi connectivity index (χ0n) is 41.1. The number of hydrogen-bond acceptors (Lipinski definition) is 9. The van der Waals surface area contributed by atoms with Crippen molar-refractivity contribution >= 4 is 0 Å². The molecule has 3 aromatic heterocycles. The van der Waals surface area contributed by atoms with Gasteiger partial charge >= 0.3 is 40.8 Å². The van der Waals surface area contributed by atoms with Gasteiger partial charge < -0.3 is 29.5 Å². The van der Waals surface area contributed by atoms with E-state index < -0.39 is 0 Å². The van der Waals surface area contributed by atoms with Crippen LogP contribution in [0.25, 0.3) is 0 Å². The molecule has 1 radical (unpaired) electrons. The molecule has 6 heterocycles. The average molecular weight is 1020 g/mol. The van der Waals surface area contributed by atoms with Crippen molar-refractivity contribution in [3.63, 3.8) is 0 Å². The monoisotopic (exact) mass is 1020 g/mol. The van der Waals surface area contributed by atoms with Crippen molar-refractivity contribution in [3.8, 4) is 17.2 Å². The van der Waals surface area contributed by atoms with E-state index in [1.165, 1.54) is 38.5 Å². The van der Waals surface area contributed by atoms with Gasteiger partial charge in [-0.15, -0.1) is 17.2 Å². The summed E-state index contributed by atoms with van der Waals surface area (Å²) in [6.07, 6.45) is 7.44. The van der Waals surface area contributed by atoms with Crippen LogP contribution in [0.4, 0.5) is 0 Å². The maximum Gasteiger partial charge on any atom is 3.00 e. The largest absolute Gasteiger partial charge is 3.00 e. The predicted octanol–water partition coefficient (Wildman–Crippen LogP) is 9.20. The van der Waals surface area contributed by atoms with Crippen molar-refractivity contribution in [3.05, 3.63) is 140 Å². The van der Waals surface area contributed by atoms with Crippen LogP contribution in [0.2, 0.25) is 0 Å². The molecule has 0 amide bonds. The number of nitrogens with zero attached hydrogens (tertiary/aromatic N) is 6. The Morgan fingerprint density at radius 1 is 0.385 bits per heavy atom. The van der Waals surface area contributed by atoms with E-state index in [1.807, 2.05) is 131 Å². The fourth-order valence-electron chi connectivity index (χ4n) is 6.88. The summed E-state index contributed by atoms with van der Waals surface area (Å²) in [5.41, 5.74) is 11.2. The molecular weight excluding hydrogens is 949 g/mol. The second-order valence-electron chi connectivity index (χ2n) is 16.6. The molecule has 65 heavy (non-hydrogen) atoms. The van der Waals surface area contributed by atoms with E-state index in [1.54, 1.807) is 0 Å². The second kappa shape index (κ2) is 30.3. The van der Waals surface area contributed by atoms with Gasteiger partial charge in [0, 0.05) is 56.7 Å². The molecule has 0 atom stereocenters. The van der Waals surface area contributed by atoms with Gasteiger partial charge in [0.2, 0.25) is 6.29 Å². The van der Waals surface area contributed by atoms with Gasteiger partial charge in [0.15, 0.2) is 0 Å². The minimum Gasteiger partial charge on any atom is -0.872 e. The van der Waals surface area contributed by atoms with E-state index in [-0.39, 0.29) is 64.4 Å². The first-order valence-corrected chi connectivity index (χ1v) is 22.5. The molecule has 3 saturated heterocycles. The van der Waals surface area contributed by atoms with Crippen LogP contribution in [-0.4, -0.2) is 69.0 Å². The maximum absolute atomic E-state index is 11.0. The minimum absolute atomic E-state index is 0. The zero-order chi connectivity index (χ0) is 47.2. The fraction of sp³-hybridized carbons (Fsp3) is 0.481. The Bertz CT molecular complexity index is 1940. The van der Waals surface area contributed by atoms with Gasteiger partial charge in [-0.3, -0.25) is 0 Å². The average Bonchev–Trinajstić information content (AvgIpc) is 4.12. The number of aryl methyl sites for hydroxylation is 12. The first-order valence-electron chi connectivity index (χ1n) is 22.5. The minimum atomic E-state index is -0.226. The van der Waals surface area contributed by atoms with E-state index >= 15 is 0 Å². The standard InChI is InChI=1S/C16H22N6.3C8H10O.3C4H8O.Nd/c1-10-7-13(4)20(17-10)16(21-14(5)8-11(2)18-21)22-15(6)9-12(3)19-22;3*1-6-4-3-5-7(2)8(6)9;3*1-2-4-5-3-1;/h7-9,16H,1-6H3;3*3-5,9H,1-2H3;3*1-4H2;/q;;;;;;;+3/p-3. The molecule has 3 fully saturated rings. The van der Waals surface area contributed by atoms with Gasteiger partial charge in [-0.25, -0.2) is 14.0 Å². The summed E-state index contributed by atoms with van der Waals surface area (Å²) in [6, 6.07) is 22.9. The van der Waals surface area contributed by atoms with E-state index in [0.29, 0.717) is 0 Å². The molecule has 0 spiro atoms. The van der Waals surface area contributed by atoms with Crippen LogP contribution in [0.1, 0.15) is 112 Å². The predicted molar refractivity (Wildman–Crippen MR) is 251 cm³/mol. The number of rotatable bonds is 3. The molecule has 0 aliphatic carbocycles. The Morgan fingerprint density at radius 3 is 0.708 bits per heavy atom. The summed E-state index contributed by atoms with van der Waals surface area (Å²) in [5.74, 6) is 0.493. The topological polar surface area (TPSA) is 150 Å². The van der Waals surface area contributed by atoms with Crippen molar-refractivity contribution in [1.29, 1.82) is 0 Å². The Balaban J connectivity index is 0.000000284. The molecule has 6 aromatic rings. The van der Waals surface area contributed by atoms with Gasteiger partial charge in [0.25, 0.3) is 0 Å². The number of para-hydroxylation sites is 3. The molecule has 0 N–H and O–H groups in total. The van der Waals surface area contributed by atoms with Crippen LogP contribution in [0.3, 0.4) is 0 Å². The van der Waals surface area contributed by atoms with Gasteiger partial charge in [-0.1, -0.05) is 88.0 Å². The fourth-order valence-corrected chi connectivity index (χ4v) is 6.88. The first kappa shape index (κ1) is 57.0. The zero-order valence-corrected chi connectivity index (χ0v) is 44.3. The Labute approximate surface area is 421 Å². The summed E-state index contributed by atoms with van der Waals surface area (Å²) in [7, 11) is 0. The number of ether oxygens (including phenoxy) is 3. The molecule has 0 bridgehead atoms. The molecule has 13 heteroatoms. The summed E-state index contributed by atoms with van der Waals surface area (Å²) in [4.78, 5) is 0. The number of hydrogen-bond donors (Lipinski definition) is 0. The second-order valence-corrected chi connectivity index (χ2v) is 16.6. The molecule has 12 nitrogen and oxygen atoms in total. The molecule has 3 aliphatic rings. The normalized spacial score (nSPS) is 13.4. The van der Waals surface area contributed by atoms with Crippen molar-refractivity contribution in [2.75, 3.05) is 39.6 Å². The third-order valence-electron chi connectivity index (χ3n) is 10.5. The van der Waals surface area contributed by atoms with Crippen molar-refractivity contribution < 1.29 is 70.4 Å². The van der Waals surface area contributed by atoms with Crippen molar-refractivity contribution in [1.82, 2.24) is 29.3 Å².